The lowest BCUT2D eigenvalue weighted by atomic mass is 10.3. The lowest BCUT2D eigenvalue weighted by molar-refractivity contribution is -0.137. The van der Waals surface area contributed by atoms with Gasteiger partial charge < -0.3 is 14.2 Å². The number of carbonyl (C=O) groups is 1. The third-order valence-corrected chi connectivity index (χ3v) is 6.39. The zero-order valence-electron chi connectivity index (χ0n) is 10.5. The van der Waals surface area contributed by atoms with E-state index in [0.717, 1.165) is 6.04 Å². The second-order valence-electron chi connectivity index (χ2n) is 4.86. The summed E-state index contributed by atoms with van der Waals surface area (Å²) in [7, 11) is -2.44. The van der Waals surface area contributed by atoms with Crippen molar-refractivity contribution in [1.29, 1.82) is 0 Å². The number of carboxylic acid groups (broad SMARTS) is 1. The summed E-state index contributed by atoms with van der Waals surface area (Å²) in [6, 6.07) is 0.778. The highest BCUT2D eigenvalue weighted by Crippen LogP contribution is 2.53. The first-order valence-electron chi connectivity index (χ1n) is 5.10. The van der Waals surface area contributed by atoms with E-state index in [-0.39, 0.29) is 0 Å². The molecule has 5 nitrogen and oxygen atoms in total. The maximum atomic E-state index is 12.0. The summed E-state index contributed by atoms with van der Waals surface area (Å²) < 4.78 is 21.5. The van der Waals surface area contributed by atoms with E-state index < -0.39 is 27.3 Å². The second-order valence-corrected chi connectivity index (χ2v) is 12.9. The van der Waals surface area contributed by atoms with Gasteiger partial charge in [-0.3, -0.25) is 9.36 Å². The Hall–Kier alpha value is -0.163. The molecule has 1 N–H and O–H groups in total. The second kappa shape index (κ2) is 5.96. The van der Waals surface area contributed by atoms with Crippen molar-refractivity contribution in [2.24, 2.45) is 0 Å². The van der Waals surface area contributed by atoms with Crippen LogP contribution in [0.15, 0.2) is 0 Å². The summed E-state index contributed by atoms with van der Waals surface area (Å²) in [5, 5.41) is 9.05. The van der Waals surface area contributed by atoms with Gasteiger partial charge in [0.15, 0.2) is 5.66 Å². The number of aliphatic carboxylic acids is 1. The summed E-state index contributed by atoms with van der Waals surface area (Å²) in [4.78, 5) is 11.1. The van der Waals surface area contributed by atoms with Crippen LogP contribution in [0.3, 0.4) is 0 Å². The van der Waals surface area contributed by atoms with Crippen LogP contribution in [0.1, 0.15) is 6.42 Å². The minimum Gasteiger partial charge on any atom is -0.481 e. The van der Waals surface area contributed by atoms with Crippen molar-refractivity contribution in [2.45, 2.75) is 37.8 Å². The van der Waals surface area contributed by atoms with Crippen LogP contribution in [0.5, 0.6) is 0 Å². The Labute approximate surface area is 97.7 Å². The minimum atomic E-state index is -3.51. The Kier molecular flexibility index (Phi) is 5.90. The Morgan fingerprint density at radius 1 is 1.31 bits per heavy atom. The molecule has 0 spiro atoms. The molecule has 0 aromatic carbocycles. The minimum absolute atomic E-state index is 0.337. The quantitative estimate of drug-likeness (QED) is 0.567. The van der Waals surface area contributed by atoms with Crippen molar-refractivity contribution in [3.63, 3.8) is 0 Å². The van der Waals surface area contributed by atoms with Gasteiger partial charge in [-0.1, -0.05) is 25.7 Å². The topological polar surface area (TPSA) is 72.8 Å². The standard InChI is InChI=1S/C9H21O5PSi/c1-13-15(12,14-2)8(9(10)11)6-7-16(3,4)5/h8H,6-7H2,1-5H3,(H,10,11). The Morgan fingerprint density at radius 2 is 1.75 bits per heavy atom. The normalized spacial score (nSPS) is 14.8. The third kappa shape index (κ3) is 4.78. The molecule has 0 aromatic rings. The fourth-order valence-corrected chi connectivity index (χ4v) is 4.09. The molecule has 0 saturated heterocycles. The maximum Gasteiger partial charge on any atom is 0.344 e. The lowest BCUT2D eigenvalue weighted by Crippen LogP contribution is -2.27. The van der Waals surface area contributed by atoms with Crippen LogP contribution in [0.2, 0.25) is 25.7 Å². The summed E-state index contributed by atoms with van der Waals surface area (Å²) in [5.74, 6) is -1.12. The van der Waals surface area contributed by atoms with Crippen LogP contribution >= 0.6 is 7.60 Å². The zero-order valence-corrected chi connectivity index (χ0v) is 12.4. The molecule has 0 bridgehead atoms. The smallest absolute Gasteiger partial charge is 0.344 e. The average molecular weight is 268 g/mol. The van der Waals surface area contributed by atoms with Crippen LogP contribution in [-0.4, -0.2) is 39.0 Å². The number of rotatable bonds is 7. The molecule has 16 heavy (non-hydrogen) atoms. The van der Waals surface area contributed by atoms with Gasteiger partial charge in [0.2, 0.25) is 0 Å². The number of hydrogen-bond donors (Lipinski definition) is 1. The van der Waals surface area contributed by atoms with Crippen molar-refractivity contribution in [3.8, 4) is 0 Å². The van der Waals surface area contributed by atoms with E-state index in [9.17, 15) is 9.36 Å². The first kappa shape index (κ1) is 15.8. The molecule has 1 unspecified atom stereocenters. The van der Waals surface area contributed by atoms with E-state index in [0.29, 0.717) is 6.42 Å². The van der Waals surface area contributed by atoms with Gasteiger partial charge in [-0.15, -0.1) is 0 Å². The van der Waals surface area contributed by atoms with Gasteiger partial charge in [-0.05, 0) is 6.42 Å². The van der Waals surface area contributed by atoms with Gasteiger partial charge in [0.25, 0.3) is 0 Å². The third-order valence-electron chi connectivity index (χ3n) is 2.34. The fraction of sp³-hybridized carbons (Fsp3) is 0.889. The number of carboxylic acids is 1. The van der Waals surface area contributed by atoms with Crippen LogP contribution in [0, 0.1) is 0 Å². The molecule has 7 heteroatoms. The molecule has 0 aliphatic heterocycles. The van der Waals surface area contributed by atoms with Gasteiger partial charge >= 0.3 is 13.6 Å². The molecule has 1 atom stereocenters. The molecule has 0 aliphatic carbocycles. The Balaban J connectivity index is 4.76. The van der Waals surface area contributed by atoms with Crippen molar-refractivity contribution in [1.82, 2.24) is 0 Å². The average Bonchev–Trinajstić information content (AvgIpc) is 2.15. The molecule has 96 valence electrons. The predicted molar refractivity (Wildman–Crippen MR) is 65.8 cm³/mol. The Morgan fingerprint density at radius 3 is 2.00 bits per heavy atom. The first-order chi connectivity index (χ1) is 7.16. The fourth-order valence-electron chi connectivity index (χ4n) is 1.32. The molecule has 0 fully saturated rings. The Bertz CT molecular complexity index is 278. The van der Waals surface area contributed by atoms with Crippen molar-refractivity contribution >= 4 is 21.6 Å². The van der Waals surface area contributed by atoms with E-state index in [1.165, 1.54) is 14.2 Å². The van der Waals surface area contributed by atoms with Gasteiger partial charge in [0.1, 0.15) is 0 Å². The zero-order chi connectivity index (χ0) is 13.0. The molecular weight excluding hydrogens is 247 g/mol. The highest BCUT2D eigenvalue weighted by Gasteiger charge is 2.40. The molecule has 0 amide bonds. The lowest BCUT2D eigenvalue weighted by Gasteiger charge is -2.23. The van der Waals surface area contributed by atoms with Crippen molar-refractivity contribution < 1.29 is 23.5 Å². The monoisotopic (exact) mass is 268 g/mol. The summed E-state index contributed by atoms with van der Waals surface area (Å²) >= 11 is 0. The highest BCUT2D eigenvalue weighted by molar-refractivity contribution is 7.55. The molecular formula is C9H21O5PSi. The number of hydrogen-bond acceptors (Lipinski definition) is 4. The van der Waals surface area contributed by atoms with Crippen LogP contribution in [0.4, 0.5) is 0 Å². The van der Waals surface area contributed by atoms with Crippen LogP contribution in [0.25, 0.3) is 0 Å². The van der Waals surface area contributed by atoms with Gasteiger partial charge in [0.05, 0.1) is 0 Å². The van der Waals surface area contributed by atoms with Crippen LogP contribution < -0.4 is 0 Å². The van der Waals surface area contributed by atoms with E-state index >= 15 is 0 Å². The molecule has 0 saturated carbocycles. The van der Waals surface area contributed by atoms with E-state index in [1.807, 2.05) is 0 Å². The molecule has 0 rings (SSSR count). The van der Waals surface area contributed by atoms with E-state index in [1.54, 1.807) is 0 Å². The van der Waals surface area contributed by atoms with Gasteiger partial charge in [-0.2, -0.15) is 0 Å². The van der Waals surface area contributed by atoms with Crippen molar-refractivity contribution in [3.05, 3.63) is 0 Å². The van der Waals surface area contributed by atoms with Gasteiger partial charge in [0, 0.05) is 22.3 Å². The SMILES string of the molecule is COP(=O)(OC)C(CC[Si](C)(C)C)C(=O)O. The first-order valence-corrected chi connectivity index (χ1v) is 10.4. The maximum absolute atomic E-state index is 12.0. The highest BCUT2D eigenvalue weighted by atomic mass is 31.2. The van der Waals surface area contributed by atoms with E-state index in [2.05, 4.69) is 19.6 Å². The summed E-state index contributed by atoms with van der Waals surface area (Å²) in [6.07, 6.45) is 0.337. The van der Waals surface area contributed by atoms with Gasteiger partial charge in [-0.25, -0.2) is 0 Å². The summed E-state index contributed by atoms with van der Waals surface area (Å²) in [5.41, 5.74) is -1.06. The molecule has 0 heterocycles. The molecule has 0 aliphatic rings. The largest absolute Gasteiger partial charge is 0.481 e. The van der Waals surface area contributed by atoms with Crippen molar-refractivity contribution in [2.75, 3.05) is 14.2 Å². The van der Waals surface area contributed by atoms with Crippen LogP contribution in [-0.2, 0) is 18.4 Å². The van der Waals surface area contributed by atoms with E-state index in [4.69, 9.17) is 14.2 Å². The predicted octanol–water partition coefficient (Wildman–Crippen LogP) is 2.65. The molecule has 0 radical (unpaired) electrons. The summed E-state index contributed by atoms with van der Waals surface area (Å²) in [6.45, 7) is 6.41. The molecule has 0 aromatic heterocycles.